The lowest BCUT2D eigenvalue weighted by molar-refractivity contribution is 0.570. The highest BCUT2D eigenvalue weighted by Crippen LogP contribution is 1.88. The van der Waals surface area contributed by atoms with Crippen molar-refractivity contribution in [1.82, 2.24) is 9.97 Å². The van der Waals surface area contributed by atoms with Crippen molar-refractivity contribution in [1.29, 1.82) is 0 Å². The molecule has 0 aliphatic heterocycles. The summed E-state index contributed by atoms with van der Waals surface area (Å²) in [5.74, 6) is 1.77. The SMILES string of the molecule is Cc1cc(=O)[nH]c(C=C=O)n1. The van der Waals surface area contributed by atoms with Crippen molar-refractivity contribution in [2.45, 2.75) is 6.92 Å². The molecule has 0 fully saturated rings. The van der Waals surface area contributed by atoms with Crippen molar-refractivity contribution < 1.29 is 4.79 Å². The molecule has 1 rings (SSSR count). The summed E-state index contributed by atoms with van der Waals surface area (Å²) in [5, 5.41) is 0. The van der Waals surface area contributed by atoms with E-state index in [9.17, 15) is 9.59 Å². The van der Waals surface area contributed by atoms with E-state index >= 15 is 0 Å². The van der Waals surface area contributed by atoms with E-state index in [2.05, 4.69) is 9.97 Å². The van der Waals surface area contributed by atoms with Crippen molar-refractivity contribution in [2.24, 2.45) is 0 Å². The van der Waals surface area contributed by atoms with Crippen molar-refractivity contribution in [2.75, 3.05) is 0 Å². The van der Waals surface area contributed by atoms with Crippen LogP contribution < -0.4 is 5.56 Å². The zero-order chi connectivity index (χ0) is 8.27. The molecule has 4 nitrogen and oxygen atoms in total. The zero-order valence-electron chi connectivity index (χ0n) is 5.92. The third kappa shape index (κ3) is 1.88. The standard InChI is InChI=1S/C7H6N2O2/c1-5-4-7(11)9-6(8-5)2-3-10/h2,4H,1H3,(H,8,9,11). The van der Waals surface area contributed by atoms with Crippen LogP contribution in [0.4, 0.5) is 0 Å². The Morgan fingerprint density at radius 1 is 1.73 bits per heavy atom. The third-order valence-electron chi connectivity index (χ3n) is 1.08. The Balaban J connectivity index is 3.29. The van der Waals surface area contributed by atoms with Gasteiger partial charge in [-0.2, -0.15) is 0 Å². The van der Waals surface area contributed by atoms with Gasteiger partial charge in [-0.15, -0.1) is 0 Å². The summed E-state index contributed by atoms with van der Waals surface area (Å²) in [6.07, 6.45) is 1.08. The highest BCUT2D eigenvalue weighted by molar-refractivity contribution is 5.71. The number of aromatic nitrogens is 2. The van der Waals surface area contributed by atoms with Crippen LogP contribution in [0.25, 0.3) is 6.08 Å². The van der Waals surface area contributed by atoms with E-state index in [0.29, 0.717) is 5.69 Å². The van der Waals surface area contributed by atoms with Crippen LogP contribution in [0.1, 0.15) is 11.5 Å². The van der Waals surface area contributed by atoms with E-state index in [0.717, 1.165) is 6.08 Å². The van der Waals surface area contributed by atoms with Crippen molar-refractivity contribution in [3.8, 4) is 0 Å². The van der Waals surface area contributed by atoms with Crippen LogP contribution in [0.15, 0.2) is 10.9 Å². The summed E-state index contributed by atoms with van der Waals surface area (Å²) in [4.78, 5) is 26.8. The third-order valence-corrected chi connectivity index (χ3v) is 1.08. The average Bonchev–Trinajstić information content (AvgIpc) is 1.85. The number of aromatic amines is 1. The number of nitrogens with zero attached hydrogens (tertiary/aromatic N) is 1. The topological polar surface area (TPSA) is 62.8 Å². The normalized spacial score (nSPS) is 8.82. The first-order chi connectivity index (χ1) is 5.22. The van der Waals surface area contributed by atoms with Gasteiger partial charge in [0.2, 0.25) is 0 Å². The second kappa shape index (κ2) is 2.94. The molecule has 0 atom stereocenters. The Morgan fingerprint density at radius 3 is 3.00 bits per heavy atom. The molecule has 11 heavy (non-hydrogen) atoms. The van der Waals surface area contributed by atoms with Crippen molar-refractivity contribution in [3.05, 3.63) is 27.9 Å². The lowest BCUT2D eigenvalue weighted by Gasteiger charge is -1.91. The largest absolute Gasteiger partial charge is 0.306 e. The van der Waals surface area contributed by atoms with Crippen molar-refractivity contribution in [3.63, 3.8) is 0 Å². The average molecular weight is 150 g/mol. The number of carbonyl (C=O) groups excluding carboxylic acids is 1. The Kier molecular flexibility index (Phi) is 1.99. The molecule has 0 aliphatic rings. The molecule has 0 bridgehead atoms. The van der Waals surface area contributed by atoms with E-state index in [4.69, 9.17) is 0 Å². The molecule has 0 aromatic carbocycles. The summed E-state index contributed by atoms with van der Waals surface area (Å²) in [7, 11) is 0. The molecule has 0 aliphatic carbocycles. The summed E-state index contributed by atoms with van der Waals surface area (Å²) in [5.41, 5.74) is 0.314. The van der Waals surface area contributed by atoms with Crippen LogP contribution in [-0.2, 0) is 4.79 Å². The number of hydrogen-bond acceptors (Lipinski definition) is 3. The van der Waals surface area contributed by atoms with E-state index in [-0.39, 0.29) is 11.4 Å². The second-order valence-electron chi connectivity index (χ2n) is 2.03. The number of rotatable bonds is 1. The molecule has 0 radical (unpaired) electrons. The lowest BCUT2D eigenvalue weighted by Crippen LogP contribution is -2.08. The zero-order valence-corrected chi connectivity index (χ0v) is 5.92. The monoisotopic (exact) mass is 150 g/mol. The van der Waals surface area contributed by atoms with Gasteiger partial charge in [0, 0.05) is 11.8 Å². The van der Waals surface area contributed by atoms with Crippen molar-refractivity contribution >= 4 is 12.0 Å². The van der Waals surface area contributed by atoms with Gasteiger partial charge in [0.15, 0.2) is 0 Å². The first-order valence-corrected chi connectivity index (χ1v) is 3.01. The van der Waals surface area contributed by atoms with Gasteiger partial charge in [0.05, 0.1) is 6.08 Å². The minimum absolute atomic E-state index is 0.241. The van der Waals surface area contributed by atoms with Gasteiger partial charge in [-0.1, -0.05) is 0 Å². The number of H-pyrrole nitrogens is 1. The van der Waals surface area contributed by atoms with E-state index in [1.54, 1.807) is 6.92 Å². The number of aryl methyl sites for hydroxylation is 1. The predicted molar refractivity (Wildman–Crippen MR) is 39.8 cm³/mol. The van der Waals surface area contributed by atoms with Gasteiger partial charge in [-0.3, -0.25) is 4.79 Å². The smallest absolute Gasteiger partial charge is 0.251 e. The van der Waals surface area contributed by atoms with E-state index in [1.807, 2.05) is 0 Å². The fraction of sp³-hybridized carbons (Fsp3) is 0.143. The minimum atomic E-state index is -0.265. The predicted octanol–water partition coefficient (Wildman–Crippen LogP) is -0.0769. The van der Waals surface area contributed by atoms with Gasteiger partial charge >= 0.3 is 0 Å². The quantitative estimate of drug-likeness (QED) is 0.569. The minimum Gasteiger partial charge on any atom is -0.306 e. The molecule has 1 N–H and O–H groups in total. The molecule has 0 saturated heterocycles. The van der Waals surface area contributed by atoms with Crippen LogP contribution in [0, 0.1) is 6.92 Å². The Labute approximate surface area is 62.6 Å². The highest BCUT2D eigenvalue weighted by Gasteiger charge is 1.92. The van der Waals surface area contributed by atoms with Gasteiger partial charge in [0.25, 0.3) is 5.56 Å². The maximum atomic E-state index is 10.7. The molecule has 0 amide bonds. The summed E-state index contributed by atoms with van der Waals surface area (Å²) in [6.45, 7) is 1.68. The van der Waals surface area contributed by atoms with Crippen LogP contribution in [0.3, 0.4) is 0 Å². The maximum absolute atomic E-state index is 10.7. The lowest BCUT2D eigenvalue weighted by atomic mass is 10.4. The molecule has 56 valence electrons. The Bertz CT molecular complexity index is 361. The molecule has 0 unspecified atom stereocenters. The molecule has 0 spiro atoms. The fourth-order valence-electron chi connectivity index (χ4n) is 0.726. The summed E-state index contributed by atoms with van der Waals surface area (Å²) < 4.78 is 0. The van der Waals surface area contributed by atoms with Crippen LogP contribution in [0.2, 0.25) is 0 Å². The Hall–Kier alpha value is -1.67. The Morgan fingerprint density at radius 2 is 2.45 bits per heavy atom. The molecule has 1 heterocycles. The summed E-state index contributed by atoms with van der Waals surface area (Å²) in [6, 6.07) is 1.35. The van der Waals surface area contributed by atoms with Crippen LogP contribution >= 0.6 is 0 Å². The molecule has 0 saturated carbocycles. The maximum Gasteiger partial charge on any atom is 0.251 e. The van der Waals surface area contributed by atoms with Gasteiger partial charge in [0.1, 0.15) is 11.8 Å². The van der Waals surface area contributed by atoms with Gasteiger partial charge < -0.3 is 4.98 Å². The highest BCUT2D eigenvalue weighted by atomic mass is 16.1. The van der Waals surface area contributed by atoms with E-state index < -0.39 is 0 Å². The first-order valence-electron chi connectivity index (χ1n) is 3.01. The van der Waals surface area contributed by atoms with Crippen LogP contribution in [-0.4, -0.2) is 15.9 Å². The second-order valence-corrected chi connectivity index (χ2v) is 2.03. The molecular weight excluding hydrogens is 144 g/mol. The van der Waals surface area contributed by atoms with Crippen LogP contribution in [0.5, 0.6) is 0 Å². The number of hydrogen-bond donors (Lipinski definition) is 1. The van der Waals surface area contributed by atoms with E-state index in [1.165, 1.54) is 12.0 Å². The van der Waals surface area contributed by atoms with Gasteiger partial charge in [-0.05, 0) is 6.92 Å². The molecule has 1 aromatic rings. The number of nitrogens with one attached hydrogen (secondary N) is 1. The van der Waals surface area contributed by atoms with Gasteiger partial charge in [-0.25, -0.2) is 9.78 Å². The molecule has 1 aromatic heterocycles. The molecular formula is C7H6N2O2. The molecule has 4 heteroatoms. The summed E-state index contributed by atoms with van der Waals surface area (Å²) >= 11 is 0. The fourth-order valence-corrected chi connectivity index (χ4v) is 0.726. The first kappa shape index (κ1) is 7.44.